The van der Waals surface area contributed by atoms with Crippen molar-refractivity contribution in [3.05, 3.63) is 72.3 Å². The van der Waals surface area contributed by atoms with E-state index in [4.69, 9.17) is 5.26 Å². The quantitative estimate of drug-likeness (QED) is 0.795. The third kappa shape index (κ3) is 3.07. The van der Waals surface area contributed by atoms with Crippen LogP contribution in [-0.2, 0) is 6.54 Å². The highest BCUT2D eigenvalue weighted by atomic mass is 15.3. The summed E-state index contributed by atoms with van der Waals surface area (Å²) >= 11 is 0. The molecule has 102 valence electrons. The normalized spacial score (nSPS) is 10.0. The molecule has 0 saturated heterocycles. The van der Waals surface area contributed by atoms with E-state index in [-0.39, 0.29) is 0 Å². The molecular weight excluding hydrogens is 262 g/mol. The highest BCUT2D eigenvalue weighted by molar-refractivity contribution is 5.49. The molecule has 0 radical (unpaired) electrons. The Labute approximate surface area is 122 Å². The van der Waals surface area contributed by atoms with Gasteiger partial charge in [-0.05, 0) is 42.0 Å². The van der Waals surface area contributed by atoms with Gasteiger partial charge in [0.05, 0.1) is 17.3 Å². The number of benzene rings is 2. The van der Waals surface area contributed by atoms with E-state index in [0.29, 0.717) is 12.1 Å². The Balaban J connectivity index is 1.67. The minimum absolute atomic E-state index is 0.677. The fourth-order valence-electron chi connectivity index (χ4n) is 2.03. The van der Waals surface area contributed by atoms with Crippen molar-refractivity contribution in [1.82, 2.24) is 14.8 Å². The topological polar surface area (TPSA) is 66.5 Å². The molecule has 5 nitrogen and oxygen atoms in total. The summed E-state index contributed by atoms with van der Waals surface area (Å²) in [5, 5.41) is 16.3. The van der Waals surface area contributed by atoms with Crippen molar-refractivity contribution in [2.75, 3.05) is 5.32 Å². The molecule has 0 atom stereocenters. The van der Waals surface area contributed by atoms with Crippen LogP contribution in [-0.4, -0.2) is 14.8 Å². The number of nitrogens with one attached hydrogen (secondary N) is 1. The van der Waals surface area contributed by atoms with Gasteiger partial charge in [0.15, 0.2) is 0 Å². The number of rotatable bonds is 4. The fourth-order valence-corrected chi connectivity index (χ4v) is 2.03. The molecule has 1 N–H and O–H groups in total. The molecule has 0 aliphatic carbocycles. The second kappa shape index (κ2) is 5.88. The summed E-state index contributed by atoms with van der Waals surface area (Å²) in [5.74, 6) is 0. The van der Waals surface area contributed by atoms with E-state index < -0.39 is 0 Å². The maximum atomic E-state index is 8.88. The molecule has 0 bridgehead atoms. The van der Waals surface area contributed by atoms with Gasteiger partial charge in [-0.25, -0.2) is 9.67 Å². The lowest BCUT2D eigenvalue weighted by Gasteiger charge is -2.08. The summed E-state index contributed by atoms with van der Waals surface area (Å²) in [6, 6.07) is 17.7. The highest BCUT2D eigenvalue weighted by Crippen LogP contribution is 2.14. The van der Waals surface area contributed by atoms with E-state index in [1.165, 1.54) is 6.33 Å². The first-order valence-corrected chi connectivity index (χ1v) is 6.53. The predicted molar refractivity (Wildman–Crippen MR) is 79.8 cm³/mol. The Morgan fingerprint density at radius 1 is 1.14 bits per heavy atom. The van der Waals surface area contributed by atoms with Gasteiger partial charge in [0.2, 0.25) is 0 Å². The van der Waals surface area contributed by atoms with E-state index in [9.17, 15) is 0 Å². The van der Waals surface area contributed by atoms with E-state index in [1.54, 1.807) is 17.1 Å². The summed E-state index contributed by atoms with van der Waals surface area (Å²) in [4.78, 5) is 3.92. The van der Waals surface area contributed by atoms with E-state index >= 15 is 0 Å². The van der Waals surface area contributed by atoms with Crippen LogP contribution in [0.5, 0.6) is 0 Å². The van der Waals surface area contributed by atoms with Crippen LogP contribution in [0.15, 0.2) is 61.2 Å². The molecule has 1 heterocycles. The fraction of sp³-hybridized carbons (Fsp3) is 0.0625. The Bertz CT molecular complexity index is 754. The molecule has 0 amide bonds. The lowest BCUT2D eigenvalue weighted by molar-refractivity contribution is 0.879. The van der Waals surface area contributed by atoms with Crippen LogP contribution in [0, 0.1) is 11.3 Å². The lowest BCUT2D eigenvalue weighted by Crippen LogP contribution is -2.00. The van der Waals surface area contributed by atoms with Crippen molar-refractivity contribution < 1.29 is 0 Å². The van der Waals surface area contributed by atoms with Crippen molar-refractivity contribution in [1.29, 1.82) is 5.26 Å². The number of nitrogens with zero attached hydrogens (tertiary/aromatic N) is 4. The molecular formula is C16H13N5. The summed E-state index contributed by atoms with van der Waals surface area (Å²) < 4.78 is 1.71. The Kier molecular flexibility index (Phi) is 3.61. The molecule has 0 unspecified atom stereocenters. The molecule has 3 aromatic rings. The Morgan fingerprint density at radius 3 is 2.71 bits per heavy atom. The summed E-state index contributed by atoms with van der Waals surface area (Å²) in [5.41, 5.74) is 3.73. The van der Waals surface area contributed by atoms with Crippen LogP contribution in [0.1, 0.15) is 11.1 Å². The van der Waals surface area contributed by atoms with Crippen LogP contribution < -0.4 is 5.32 Å². The minimum Gasteiger partial charge on any atom is -0.381 e. The molecule has 0 fully saturated rings. The van der Waals surface area contributed by atoms with Crippen LogP contribution in [0.2, 0.25) is 0 Å². The Morgan fingerprint density at radius 2 is 2.00 bits per heavy atom. The zero-order valence-corrected chi connectivity index (χ0v) is 11.3. The highest BCUT2D eigenvalue weighted by Gasteiger charge is 1.99. The van der Waals surface area contributed by atoms with Crippen molar-refractivity contribution >= 4 is 5.69 Å². The molecule has 0 spiro atoms. The largest absolute Gasteiger partial charge is 0.381 e. The van der Waals surface area contributed by atoms with Crippen LogP contribution in [0.25, 0.3) is 5.69 Å². The first-order valence-electron chi connectivity index (χ1n) is 6.53. The molecule has 2 aromatic carbocycles. The summed E-state index contributed by atoms with van der Waals surface area (Å²) in [7, 11) is 0. The Hall–Kier alpha value is -3.13. The van der Waals surface area contributed by atoms with Gasteiger partial charge in [-0.15, -0.1) is 0 Å². The van der Waals surface area contributed by atoms with Crippen LogP contribution in [0.4, 0.5) is 5.69 Å². The molecule has 3 rings (SSSR count). The average molecular weight is 275 g/mol. The molecule has 0 aliphatic rings. The third-order valence-electron chi connectivity index (χ3n) is 3.10. The molecule has 0 saturated carbocycles. The number of anilines is 1. The molecule has 21 heavy (non-hydrogen) atoms. The van der Waals surface area contributed by atoms with Crippen molar-refractivity contribution in [2.45, 2.75) is 6.54 Å². The zero-order chi connectivity index (χ0) is 14.5. The smallest absolute Gasteiger partial charge is 0.138 e. The zero-order valence-electron chi connectivity index (χ0n) is 11.3. The second-order valence-electron chi connectivity index (χ2n) is 4.55. The van der Waals surface area contributed by atoms with Gasteiger partial charge in [0.1, 0.15) is 12.7 Å². The van der Waals surface area contributed by atoms with E-state index in [2.05, 4.69) is 21.5 Å². The van der Waals surface area contributed by atoms with Crippen molar-refractivity contribution in [3.8, 4) is 11.8 Å². The monoisotopic (exact) mass is 275 g/mol. The first-order chi connectivity index (χ1) is 10.3. The third-order valence-corrected chi connectivity index (χ3v) is 3.10. The van der Waals surface area contributed by atoms with Gasteiger partial charge < -0.3 is 5.32 Å². The van der Waals surface area contributed by atoms with Crippen molar-refractivity contribution in [3.63, 3.8) is 0 Å². The standard InChI is InChI=1S/C16H13N5/c17-9-13-2-1-3-14(8-13)10-19-15-4-6-16(7-5-15)21-12-18-11-20-21/h1-8,11-12,19H,10H2. The number of aromatic nitrogens is 3. The maximum absolute atomic E-state index is 8.88. The molecule has 5 heteroatoms. The number of hydrogen-bond acceptors (Lipinski definition) is 4. The molecule has 1 aromatic heterocycles. The average Bonchev–Trinajstić information content (AvgIpc) is 3.08. The van der Waals surface area contributed by atoms with Crippen LogP contribution in [0.3, 0.4) is 0 Å². The summed E-state index contributed by atoms with van der Waals surface area (Å²) in [6.45, 7) is 0.679. The summed E-state index contributed by atoms with van der Waals surface area (Å²) in [6.07, 6.45) is 3.17. The maximum Gasteiger partial charge on any atom is 0.138 e. The lowest BCUT2D eigenvalue weighted by atomic mass is 10.1. The van der Waals surface area contributed by atoms with E-state index in [0.717, 1.165) is 16.9 Å². The van der Waals surface area contributed by atoms with Gasteiger partial charge in [-0.1, -0.05) is 12.1 Å². The van der Waals surface area contributed by atoms with Gasteiger partial charge in [-0.2, -0.15) is 10.4 Å². The van der Waals surface area contributed by atoms with Gasteiger partial charge in [0, 0.05) is 12.2 Å². The molecule has 0 aliphatic heterocycles. The van der Waals surface area contributed by atoms with Crippen molar-refractivity contribution in [2.24, 2.45) is 0 Å². The predicted octanol–water partition coefficient (Wildman–Crippen LogP) is 2.75. The number of hydrogen-bond donors (Lipinski definition) is 1. The van der Waals surface area contributed by atoms with E-state index in [1.807, 2.05) is 42.5 Å². The minimum atomic E-state index is 0.677. The first kappa shape index (κ1) is 12.9. The van der Waals surface area contributed by atoms with Crippen LogP contribution >= 0.6 is 0 Å². The number of nitriles is 1. The van der Waals surface area contributed by atoms with Gasteiger partial charge in [0.25, 0.3) is 0 Å². The van der Waals surface area contributed by atoms with Gasteiger partial charge >= 0.3 is 0 Å². The second-order valence-corrected chi connectivity index (χ2v) is 4.55. The SMILES string of the molecule is N#Cc1cccc(CNc2ccc(-n3cncn3)cc2)c1. The van der Waals surface area contributed by atoms with Gasteiger partial charge in [-0.3, -0.25) is 0 Å².